The number of benzene rings is 1. The molecule has 0 atom stereocenters. The van der Waals surface area contributed by atoms with Crippen LogP contribution < -0.4 is 10.1 Å². The molecule has 0 bridgehead atoms. The molecule has 1 amide bonds. The van der Waals surface area contributed by atoms with E-state index in [-0.39, 0.29) is 17.9 Å². The highest BCUT2D eigenvalue weighted by molar-refractivity contribution is 5.97. The number of nitrogens with one attached hydrogen (secondary N) is 2. The molecule has 2 aromatic heterocycles. The first-order valence-electron chi connectivity index (χ1n) is 7.61. The molecule has 0 aliphatic heterocycles. The first-order valence-corrected chi connectivity index (χ1v) is 7.61. The van der Waals surface area contributed by atoms with Gasteiger partial charge in [0.2, 0.25) is 0 Å². The Morgan fingerprint density at radius 1 is 1.17 bits per heavy atom. The van der Waals surface area contributed by atoms with Crippen molar-refractivity contribution in [2.24, 2.45) is 0 Å². The number of fused-ring (bicyclic) bond motifs is 1. The largest absolute Gasteiger partial charge is 0.484 e. The zero-order chi connectivity index (χ0) is 17.2. The van der Waals surface area contributed by atoms with Crippen LogP contribution in [0.1, 0.15) is 26.3 Å². The second kappa shape index (κ2) is 6.27. The van der Waals surface area contributed by atoms with Gasteiger partial charge in [0.25, 0.3) is 5.91 Å². The maximum Gasteiger partial charge on any atom is 0.263 e. The van der Waals surface area contributed by atoms with Gasteiger partial charge in [-0.2, -0.15) is 0 Å². The summed E-state index contributed by atoms with van der Waals surface area (Å²) < 4.78 is 5.52. The zero-order valence-corrected chi connectivity index (χ0v) is 13.8. The van der Waals surface area contributed by atoms with Gasteiger partial charge >= 0.3 is 0 Å². The van der Waals surface area contributed by atoms with E-state index in [1.165, 1.54) is 18.2 Å². The number of amides is 1. The monoisotopic (exact) mass is 325 g/mol. The van der Waals surface area contributed by atoms with Crippen LogP contribution in [0.3, 0.4) is 0 Å². The van der Waals surface area contributed by atoms with Crippen molar-refractivity contribution in [1.29, 1.82) is 0 Å². The van der Waals surface area contributed by atoms with Crippen LogP contribution >= 0.6 is 0 Å². The van der Waals surface area contributed by atoms with Gasteiger partial charge in [-0.1, -0.05) is 32.9 Å². The molecule has 1 aromatic carbocycles. The zero-order valence-electron chi connectivity index (χ0n) is 13.8. The second-order valence-electron chi connectivity index (χ2n) is 6.43. The Morgan fingerprint density at radius 3 is 2.62 bits per heavy atom. The summed E-state index contributed by atoms with van der Waals surface area (Å²) in [5.74, 6) is 0.728. The number of hydrogen-bond acceptors (Lipinski definition) is 5. The van der Waals surface area contributed by atoms with Gasteiger partial charge < -0.3 is 15.0 Å². The number of H-pyrrole nitrogens is 1. The number of aromatic amines is 1. The third kappa shape index (κ3) is 3.51. The van der Waals surface area contributed by atoms with Crippen molar-refractivity contribution in [3.63, 3.8) is 0 Å². The average molecular weight is 325 g/mol. The van der Waals surface area contributed by atoms with Gasteiger partial charge in [0.15, 0.2) is 18.1 Å². The molecule has 0 aliphatic carbocycles. The summed E-state index contributed by atoms with van der Waals surface area (Å²) in [6.45, 7) is 6.34. The minimum atomic E-state index is -0.301. The summed E-state index contributed by atoms with van der Waals surface area (Å²) in [5.41, 5.74) is 2.37. The Bertz CT molecular complexity index is 849. The number of aromatic nitrogens is 4. The number of hydrogen-bond donors (Lipinski definition) is 2. The molecule has 0 aliphatic rings. The number of ether oxygens (including phenoxy) is 1. The molecule has 3 rings (SSSR count). The van der Waals surface area contributed by atoms with Crippen molar-refractivity contribution in [1.82, 2.24) is 19.9 Å². The van der Waals surface area contributed by atoms with Crippen LogP contribution in [0.2, 0.25) is 0 Å². The number of carbonyl (C=O) groups excluding carboxylic acids is 1. The van der Waals surface area contributed by atoms with Crippen molar-refractivity contribution in [2.45, 2.75) is 26.2 Å². The number of rotatable bonds is 4. The Kier molecular flexibility index (Phi) is 4.16. The highest BCUT2D eigenvalue weighted by Crippen LogP contribution is 2.24. The summed E-state index contributed by atoms with van der Waals surface area (Å²) in [5, 5.41) is 2.69. The van der Waals surface area contributed by atoms with Gasteiger partial charge in [-0.15, -0.1) is 0 Å². The lowest BCUT2D eigenvalue weighted by atomic mass is 9.87. The quantitative estimate of drug-likeness (QED) is 0.769. The van der Waals surface area contributed by atoms with Crippen molar-refractivity contribution in [3.05, 3.63) is 42.5 Å². The molecule has 0 saturated heterocycles. The fraction of sp³-hybridized carbons (Fsp3) is 0.294. The summed E-state index contributed by atoms with van der Waals surface area (Å²) in [6.07, 6.45) is 2.85. The van der Waals surface area contributed by atoms with Crippen molar-refractivity contribution < 1.29 is 9.53 Å². The van der Waals surface area contributed by atoms with Gasteiger partial charge in [0.1, 0.15) is 17.6 Å². The van der Waals surface area contributed by atoms with Crippen LogP contribution in [0.25, 0.3) is 11.2 Å². The summed E-state index contributed by atoms with van der Waals surface area (Å²) >= 11 is 0. The van der Waals surface area contributed by atoms with E-state index >= 15 is 0 Å². The fourth-order valence-corrected chi connectivity index (χ4v) is 2.23. The molecule has 2 heterocycles. The van der Waals surface area contributed by atoms with E-state index in [1.807, 2.05) is 24.3 Å². The lowest BCUT2D eigenvalue weighted by molar-refractivity contribution is -0.118. The molecule has 0 unspecified atom stereocenters. The molecule has 7 heteroatoms. The average Bonchev–Trinajstić information content (AvgIpc) is 3.02. The molecule has 7 nitrogen and oxygen atoms in total. The van der Waals surface area contributed by atoms with Gasteiger partial charge in [-0.05, 0) is 23.1 Å². The fourth-order valence-electron chi connectivity index (χ4n) is 2.23. The van der Waals surface area contributed by atoms with E-state index < -0.39 is 0 Å². The highest BCUT2D eigenvalue weighted by Gasteiger charge is 2.14. The van der Waals surface area contributed by atoms with E-state index in [4.69, 9.17) is 4.74 Å². The molecular formula is C17H19N5O2. The molecule has 124 valence electrons. The lowest BCUT2D eigenvalue weighted by Crippen LogP contribution is -2.21. The third-order valence-corrected chi connectivity index (χ3v) is 3.57. The van der Waals surface area contributed by atoms with Crippen LogP contribution in [0.5, 0.6) is 5.75 Å². The standard InChI is InChI=1S/C17H19N5O2/c1-17(2,3)11-4-6-12(7-5-11)24-8-13(23)22-16-14-15(19-9-18-14)20-10-21-16/h4-7,9-10H,8H2,1-3H3,(H2,18,19,20,21,22,23). The highest BCUT2D eigenvalue weighted by atomic mass is 16.5. The Labute approximate surface area is 139 Å². The molecule has 0 radical (unpaired) electrons. The smallest absolute Gasteiger partial charge is 0.263 e. The first-order chi connectivity index (χ1) is 11.4. The van der Waals surface area contributed by atoms with Gasteiger partial charge in [0, 0.05) is 0 Å². The predicted molar refractivity (Wildman–Crippen MR) is 91.0 cm³/mol. The van der Waals surface area contributed by atoms with Crippen LogP contribution in [0.15, 0.2) is 36.9 Å². The van der Waals surface area contributed by atoms with E-state index in [0.717, 1.165) is 0 Å². The molecule has 2 N–H and O–H groups in total. The van der Waals surface area contributed by atoms with Crippen molar-refractivity contribution in [3.8, 4) is 5.75 Å². The van der Waals surface area contributed by atoms with Crippen LogP contribution in [0.4, 0.5) is 5.82 Å². The number of imidazole rings is 1. The Morgan fingerprint density at radius 2 is 1.92 bits per heavy atom. The van der Waals surface area contributed by atoms with Crippen molar-refractivity contribution in [2.75, 3.05) is 11.9 Å². The summed E-state index contributed by atoms with van der Waals surface area (Å²) in [4.78, 5) is 27.0. The number of anilines is 1. The first kappa shape index (κ1) is 15.9. The summed E-state index contributed by atoms with van der Waals surface area (Å²) in [7, 11) is 0. The molecular weight excluding hydrogens is 306 g/mol. The minimum absolute atomic E-state index is 0.0817. The van der Waals surface area contributed by atoms with E-state index in [1.54, 1.807) is 0 Å². The summed E-state index contributed by atoms with van der Waals surface area (Å²) in [6, 6.07) is 7.74. The second-order valence-corrected chi connectivity index (χ2v) is 6.43. The van der Waals surface area contributed by atoms with E-state index in [0.29, 0.717) is 22.7 Å². The molecule has 24 heavy (non-hydrogen) atoms. The van der Waals surface area contributed by atoms with E-state index in [9.17, 15) is 4.79 Å². The van der Waals surface area contributed by atoms with Crippen LogP contribution in [-0.2, 0) is 10.2 Å². The van der Waals surface area contributed by atoms with Gasteiger partial charge in [0.05, 0.1) is 6.33 Å². The molecule has 0 saturated carbocycles. The Balaban J connectivity index is 1.61. The van der Waals surface area contributed by atoms with Crippen LogP contribution in [0, 0.1) is 0 Å². The van der Waals surface area contributed by atoms with Gasteiger partial charge in [-0.3, -0.25) is 4.79 Å². The molecule has 0 fully saturated rings. The SMILES string of the molecule is CC(C)(C)c1ccc(OCC(=O)Nc2ncnc3nc[nH]c23)cc1. The lowest BCUT2D eigenvalue weighted by Gasteiger charge is -2.19. The normalized spacial score (nSPS) is 11.5. The van der Waals surface area contributed by atoms with Gasteiger partial charge in [-0.25, -0.2) is 15.0 Å². The maximum absolute atomic E-state index is 12.0. The van der Waals surface area contributed by atoms with E-state index in [2.05, 4.69) is 46.0 Å². The molecule has 3 aromatic rings. The Hall–Kier alpha value is -2.96. The molecule has 0 spiro atoms. The van der Waals surface area contributed by atoms with Crippen LogP contribution in [-0.4, -0.2) is 32.4 Å². The van der Waals surface area contributed by atoms with Crippen molar-refractivity contribution >= 4 is 22.9 Å². The number of nitrogens with zero attached hydrogens (tertiary/aromatic N) is 3. The topological polar surface area (TPSA) is 92.8 Å². The minimum Gasteiger partial charge on any atom is -0.484 e. The number of carbonyl (C=O) groups is 1. The predicted octanol–water partition coefficient (Wildman–Crippen LogP) is 2.67. The third-order valence-electron chi connectivity index (χ3n) is 3.57. The maximum atomic E-state index is 12.0.